The number of nitrogens with zero attached hydrogens (tertiary/aromatic N) is 1. The molecule has 1 saturated heterocycles. The zero-order valence-corrected chi connectivity index (χ0v) is 11.3. The summed E-state index contributed by atoms with van der Waals surface area (Å²) < 4.78 is 5.54. The van der Waals surface area contributed by atoms with E-state index in [0.717, 1.165) is 25.7 Å². The number of likely N-dealkylation sites (tertiary alicyclic amines) is 1. The summed E-state index contributed by atoms with van der Waals surface area (Å²) in [5, 5.41) is -0.410. The molecule has 0 N–H and O–H groups in total. The Labute approximate surface area is 113 Å². The summed E-state index contributed by atoms with van der Waals surface area (Å²) in [5.41, 5.74) is 0. The Morgan fingerprint density at radius 2 is 1.61 bits per heavy atom. The van der Waals surface area contributed by atoms with E-state index >= 15 is 0 Å². The lowest BCUT2D eigenvalue weighted by Crippen LogP contribution is -2.39. The molecule has 1 heterocycles. The Balaban J connectivity index is 1.73. The number of halogens is 1. The SMILES string of the molecule is O=C(OC1CCN(C(=O)Cl)CC1)C1CCCCC1. The van der Waals surface area contributed by atoms with Crippen molar-refractivity contribution in [1.29, 1.82) is 0 Å². The van der Waals surface area contributed by atoms with E-state index in [1.54, 1.807) is 4.90 Å². The van der Waals surface area contributed by atoms with Gasteiger partial charge in [0.15, 0.2) is 0 Å². The van der Waals surface area contributed by atoms with Crippen molar-refractivity contribution in [3.8, 4) is 0 Å². The van der Waals surface area contributed by atoms with Gasteiger partial charge in [0.05, 0.1) is 5.92 Å². The van der Waals surface area contributed by atoms with Gasteiger partial charge in [-0.05, 0) is 24.4 Å². The molecule has 5 heteroatoms. The van der Waals surface area contributed by atoms with Gasteiger partial charge in [-0.3, -0.25) is 9.59 Å². The summed E-state index contributed by atoms with van der Waals surface area (Å²) in [4.78, 5) is 24.5. The second-order valence-electron chi connectivity index (χ2n) is 5.21. The molecule has 2 fully saturated rings. The number of rotatable bonds is 2. The molecule has 0 aromatic rings. The van der Waals surface area contributed by atoms with Crippen LogP contribution in [0.25, 0.3) is 0 Å². The number of ether oxygens (including phenoxy) is 1. The third kappa shape index (κ3) is 3.61. The molecule has 2 rings (SSSR count). The predicted molar refractivity (Wildman–Crippen MR) is 68.5 cm³/mol. The van der Waals surface area contributed by atoms with Gasteiger partial charge in [-0.25, -0.2) is 0 Å². The number of hydrogen-bond acceptors (Lipinski definition) is 3. The summed E-state index contributed by atoms with van der Waals surface area (Å²) in [5.74, 6) is 0.0665. The molecular formula is C13H20ClNO3. The van der Waals surface area contributed by atoms with Crippen LogP contribution in [0.5, 0.6) is 0 Å². The molecule has 0 bridgehead atoms. The monoisotopic (exact) mass is 273 g/mol. The van der Waals surface area contributed by atoms with E-state index in [-0.39, 0.29) is 18.0 Å². The predicted octanol–water partition coefficient (Wildman–Crippen LogP) is 2.93. The van der Waals surface area contributed by atoms with Crippen molar-refractivity contribution in [3.05, 3.63) is 0 Å². The van der Waals surface area contributed by atoms with Gasteiger partial charge in [0.1, 0.15) is 6.10 Å². The first-order valence-electron chi connectivity index (χ1n) is 6.81. The van der Waals surface area contributed by atoms with Crippen LogP contribution in [0.1, 0.15) is 44.9 Å². The van der Waals surface area contributed by atoms with Crippen LogP contribution in [0, 0.1) is 5.92 Å². The van der Waals surface area contributed by atoms with Crippen LogP contribution >= 0.6 is 11.6 Å². The second kappa shape index (κ2) is 6.41. The lowest BCUT2D eigenvalue weighted by molar-refractivity contribution is -0.157. The zero-order chi connectivity index (χ0) is 13.0. The highest BCUT2D eigenvalue weighted by molar-refractivity contribution is 6.62. The minimum atomic E-state index is -0.410. The molecule has 1 saturated carbocycles. The molecule has 0 aromatic heterocycles. The highest BCUT2D eigenvalue weighted by atomic mass is 35.5. The highest BCUT2D eigenvalue weighted by Gasteiger charge is 2.28. The van der Waals surface area contributed by atoms with Crippen LogP contribution in [0.4, 0.5) is 4.79 Å². The molecule has 0 spiro atoms. The number of carbonyl (C=O) groups excluding carboxylic acids is 2. The average Bonchev–Trinajstić information content (AvgIpc) is 2.40. The fourth-order valence-corrected chi connectivity index (χ4v) is 2.92. The molecule has 1 aliphatic carbocycles. The number of esters is 1. The van der Waals surface area contributed by atoms with Gasteiger partial charge in [0, 0.05) is 25.9 Å². The Hall–Kier alpha value is -0.770. The van der Waals surface area contributed by atoms with Gasteiger partial charge in [-0.2, -0.15) is 0 Å². The van der Waals surface area contributed by atoms with Crippen molar-refractivity contribution in [3.63, 3.8) is 0 Å². The van der Waals surface area contributed by atoms with Crippen molar-refractivity contribution >= 4 is 22.9 Å². The molecule has 0 radical (unpaired) electrons. The number of carbonyl (C=O) groups is 2. The third-order valence-electron chi connectivity index (χ3n) is 3.91. The maximum atomic E-state index is 12.0. The standard InChI is InChI=1S/C13H20ClNO3/c14-13(17)15-8-6-11(7-9-15)18-12(16)10-4-2-1-3-5-10/h10-11H,1-9H2. The third-order valence-corrected chi connectivity index (χ3v) is 4.15. The van der Waals surface area contributed by atoms with Gasteiger partial charge < -0.3 is 9.64 Å². The zero-order valence-electron chi connectivity index (χ0n) is 10.6. The van der Waals surface area contributed by atoms with Crippen LogP contribution in [0.3, 0.4) is 0 Å². The first-order chi connectivity index (χ1) is 8.66. The minimum Gasteiger partial charge on any atom is -0.462 e. The molecule has 0 unspecified atom stereocenters. The Morgan fingerprint density at radius 1 is 1.00 bits per heavy atom. The first kappa shape index (κ1) is 13.7. The van der Waals surface area contributed by atoms with Crippen LogP contribution in [0.15, 0.2) is 0 Å². The molecule has 1 aliphatic heterocycles. The number of hydrogen-bond donors (Lipinski definition) is 0. The topological polar surface area (TPSA) is 46.6 Å². The second-order valence-corrected chi connectivity index (χ2v) is 5.53. The molecule has 4 nitrogen and oxygen atoms in total. The lowest BCUT2D eigenvalue weighted by atomic mass is 9.89. The molecule has 2 aliphatic rings. The molecular weight excluding hydrogens is 254 g/mol. The molecule has 102 valence electrons. The van der Waals surface area contributed by atoms with Crippen molar-refractivity contribution in [1.82, 2.24) is 4.90 Å². The minimum absolute atomic E-state index is 0.0355. The fourth-order valence-electron chi connectivity index (χ4n) is 2.75. The normalized spacial score (nSPS) is 22.8. The van der Waals surface area contributed by atoms with E-state index < -0.39 is 5.37 Å². The molecule has 0 atom stereocenters. The lowest BCUT2D eigenvalue weighted by Gasteiger charge is -2.31. The summed E-state index contributed by atoms with van der Waals surface area (Å²) >= 11 is 5.41. The van der Waals surface area contributed by atoms with E-state index in [2.05, 4.69) is 0 Å². The van der Waals surface area contributed by atoms with Crippen molar-refractivity contribution < 1.29 is 14.3 Å². The largest absolute Gasteiger partial charge is 0.462 e. The van der Waals surface area contributed by atoms with Crippen molar-refractivity contribution in [2.24, 2.45) is 5.92 Å². The van der Waals surface area contributed by atoms with E-state index in [1.165, 1.54) is 6.42 Å². The Bertz CT molecular complexity index is 307. The Morgan fingerprint density at radius 3 is 2.17 bits per heavy atom. The van der Waals surface area contributed by atoms with Gasteiger partial charge in [0.2, 0.25) is 0 Å². The fraction of sp³-hybridized carbons (Fsp3) is 0.846. The van der Waals surface area contributed by atoms with Gasteiger partial charge in [-0.15, -0.1) is 0 Å². The van der Waals surface area contributed by atoms with E-state index in [9.17, 15) is 9.59 Å². The van der Waals surface area contributed by atoms with Crippen LogP contribution in [-0.4, -0.2) is 35.4 Å². The quantitative estimate of drug-likeness (QED) is 0.441. The molecule has 0 aromatic carbocycles. The highest BCUT2D eigenvalue weighted by Crippen LogP contribution is 2.26. The summed E-state index contributed by atoms with van der Waals surface area (Å²) in [6.45, 7) is 1.18. The van der Waals surface area contributed by atoms with E-state index in [1.807, 2.05) is 0 Å². The average molecular weight is 274 g/mol. The van der Waals surface area contributed by atoms with Crippen molar-refractivity contribution in [2.45, 2.75) is 51.0 Å². The van der Waals surface area contributed by atoms with Gasteiger partial charge in [-0.1, -0.05) is 19.3 Å². The molecule has 18 heavy (non-hydrogen) atoms. The smallest absolute Gasteiger partial charge is 0.316 e. The molecule has 1 amide bonds. The van der Waals surface area contributed by atoms with Crippen LogP contribution in [0.2, 0.25) is 0 Å². The summed E-state index contributed by atoms with van der Waals surface area (Å²) in [6.07, 6.45) is 6.83. The van der Waals surface area contributed by atoms with E-state index in [4.69, 9.17) is 16.3 Å². The number of amides is 1. The summed E-state index contributed by atoms with van der Waals surface area (Å²) in [6, 6.07) is 0. The maximum Gasteiger partial charge on any atom is 0.316 e. The van der Waals surface area contributed by atoms with Gasteiger partial charge >= 0.3 is 11.3 Å². The number of piperidine rings is 1. The van der Waals surface area contributed by atoms with E-state index in [0.29, 0.717) is 25.9 Å². The van der Waals surface area contributed by atoms with Crippen molar-refractivity contribution in [2.75, 3.05) is 13.1 Å². The van der Waals surface area contributed by atoms with Crippen LogP contribution in [-0.2, 0) is 9.53 Å². The maximum absolute atomic E-state index is 12.0. The summed E-state index contributed by atoms with van der Waals surface area (Å²) in [7, 11) is 0. The Kier molecular flexibility index (Phi) is 4.87. The first-order valence-corrected chi connectivity index (χ1v) is 7.19. The van der Waals surface area contributed by atoms with Gasteiger partial charge in [0.25, 0.3) is 0 Å². The van der Waals surface area contributed by atoms with Crippen LogP contribution < -0.4 is 0 Å².